The second kappa shape index (κ2) is 7.72. The molecule has 1 atom stereocenters. The average molecular weight is 355 g/mol. The zero-order chi connectivity index (χ0) is 18.6. The fraction of sp³-hybridized carbons (Fsp3) is 0.450. The molecule has 0 radical (unpaired) electrons. The van der Waals surface area contributed by atoms with Crippen molar-refractivity contribution in [3.8, 4) is 5.75 Å². The van der Waals surface area contributed by atoms with Gasteiger partial charge in [0, 0.05) is 23.2 Å². The Bertz CT molecular complexity index is 821. The summed E-state index contributed by atoms with van der Waals surface area (Å²) in [5.41, 5.74) is 0.356. The van der Waals surface area contributed by atoms with Gasteiger partial charge in [-0.25, -0.2) is 4.79 Å². The van der Waals surface area contributed by atoms with E-state index >= 15 is 0 Å². The van der Waals surface area contributed by atoms with E-state index in [9.17, 15) is 9.59 Å². The summed E-state index contributed by atoms with van der Waals surface area (Å²) in [7, 11) is 0. The minimum atomic E-state index is -1.09. The fourth-order valence-corrected chi connectivity index (χ4v) is 3.11. The molecule has 138 valence electrons. The summed E-state index contributed by atoms with van der Waals surface area (Å²) in [6, 6.07) is 7.13. The van der Waals surface area contributed by atoms with E-state index in [0.717, 1.165) is 23.1 Å². The predicted octanol–water partition coefficient (Wildman–Crippen LogP) is 3.64. The number of rotatable bonds is 8. The molecule has 0 saturated carbocycles. The topological polar surface area (TPSA) is 80.3 Å². The van der Waals surface area contributed by atoms with Crippen LogP contribution in [0.25, 0.3) is 10.9 Å². The van der Waals surface area contributed by atoms with E-state index in [2.05, 4.69) is 22.5 Å². The van der Waals surface area contributed by atoms with Crippen molar-refractivity contribution in [1.29, 1.82) is 0 Å². The molecule has 1 aromatic carbocycles. The number of nitrogens with zero attached hydrogens (tertiary/aromatic N) is 1. The number of carbonyl (C=O) groups is 2. The molecule has 0 aliphatic carbocycles. The zero-order valence-corrected chi connectivity index (χ0v) is 15.3. The number of imide groups is 1. The maximum atomic E-state index is 12.1. The molecule has 26 heavy (non-hydrogen) atoms. The minimum absolute atomic E-state index is 0.369. The average Bonchev–Trinajstić information content (AvgIpc) is 2.90. The Morgan fingerprint density at radius 3 is 2.65 bits per heavy atom. The van der Waals surface area contributed by atoms with Crippen LogP contribution >= 0.6 is 0 Å². The molecule has 1 saturated heterocycles. The van der Waals surface area contributed by atoms with Gasteiger partial charge in [0.25, 0.3) is 5.91 Å². The molecular formula is C20H25N3O3. The van der Waals surface area contributed by atoms with Gasteiger partial charge < -0.3 is 10.1 Å². The second-order valence-electron chi connectivity index (χ2n) is 6.87. The van der Waals surface area contributed by atoms with Gasteiger partial charge in [-0.1, -0.05) is 32.6 Å². The molecule has 0 bridgehead atoms. The summed E-state index contributed by atoms with van der Waals surface area (Å²) >= 11 is 0. The van der Waals surface area contributed by atoms with E-state index in [1.165, 1.54) is 25.7 Å². The van der Waals surface area contributed by atoms with Crippen LogP contribution in [0.4, 0.5) is 4.79 Å². The van der Waals surface area contributed by atoms with Crippen molar-refractivity contribution in [2.24, 2.45) is 0 Å². The van der Waals surface area contributed by atoms with Crippen LogP contribution in [0.5, 0.6) is 5.75 Å². The lowest BCUT2D eigenvalue weighted by Gasteiger charge is -2.21. The highest BCUT2D eigenvalue weighted by Gasteiger charge is 2.43. The van der Waals surface area contributed by atoms with Gasteiger partial charge in [-0.05, 0) is 31.5 Å². The van der Waals surface area contributed by atoms with E-state index in [1.807, 2.05) is 24.3 Å². The van der Waals surface area contributed by atoms with Crippen LogP contribution in [0.1, 0.15) is 51.5 Å². The molecule has 1 unspecified atom stereocenters. The number of unbranched alkanes of at least 4 members (excludes halogenated alkanes) is 4. The summed E-state index contributed by atoms with van der Waals surface area (Å²) in [6.45, 7) is 4.58. The molecule has 2 aromatic rings. The monoisotopic (exact) mass is 355 g/mol. The molecule has 3 amide bonds. The Morgan fingerprint density at radius 1 is 1.12 bits per heavy atom. The number of aromatic nitrogens is 1. The molecular weight excluding hydrogens is 330 g/mol. The quantitative estimate of drug-likeness (QED) is 0.560. The molecule has 0 spiro atoms. The molecule has 6 heteroatoms. The van der Waals surface area contributed by atoms with E-state index < -0.39 is 11.6 Å². The second-order valence-corrected chi connectivity index (χ2v) is 6.87. The summed E-state index contributed by atoms with van der Waals surface area (Å²) in [4.78, 5) is 28.0. The van der Waals surface area contributed by atoms with Gasteiger partial charge in [0.15, 0.2) is 0 Å². The maximum absolute atomic E-state index is 12.1. The predicted molar refractivity (Wildman–Crippen MR) is 100 cm³/mol. The molecule has 1 aromatic heterocycles. The highest BCUT2D eigenvalue weighted by atomic mass is 16.5. The number of ether oxygens (including phenoxy) is 1. The van der Waals surface area contributed by atoms with Gasteiger partial charge in [-0.15, -0.1) is 0 Å². The Kier molecular flexibility index (Phi) is 5.40. The van der Waals surface area contributed by atoms with E-state index in [0.29, 0.717) is 12.2 Å². The summed E-state index contributed by atoms with van der Waals surface area (Å²) in [5.74, 6) is 0.429. The summed E-state index contributed by atoms with van der Waals surface area (Å²) in [5, 5.41) is 5.82. The standard InChI is InChI=1S/C20H25N3O3/c1-3-4-5-6-7-10-26-16-9-8-14-11-15(13-21-17(14)12-16)20(2)18(24)22-19(25)23-20/h8-9,11-13H,3-7,10H2,1-2H3,(H2,22,23,24,25). The van der Waals surface area contributed by atoms with Gasteiger partial charge in [-0.3, -0.25) is 15.1 Å². The Labute approximate surface area is 153 Å². The van der Waals surface area contributed by atoms with Crippen LogP contribution in [0.15, 0.2) is 30.5 Å². The number of benzene rings is 1. The first-order chi connectivity index (χ1) is 12.5. The van der Waals surface area contributed by atoms with Crippen LogP contribution in [0.3, 0.4) is 0 Å². The third-order valence-electron chi connectivity index (χ3n) is 4.79. The first-order valence-electron chi connectivity index (χ1n) is 9.19. The van der Waals surface area contributed by atoms with Crippen molar-refractivity contribution in [2.75, 3.05) is 6.61 Å². The van der Waals surface area contributed by atoms with Gasteiger partial charge >= 0.3 is 6.03 Å². The van der Waals surface area contributed by atoms with Crippen LogP contribution in [0.2, 0.25) is 0 Å². The van der Waals surface area contributed by atoms with Gasteiger partial charge in [0.05, 0.1) is 12.1 Å². The smallest absolute Gasteiger partial charge is 0.322 e. The van der Waals surface area contributed by atoms with Crippen LogP contribution < -0.4 is 15.4 Å². The van der Waals surface area contributed by atoms with Crippen LogP contribution in [-0.4, -0.2) is 23.5 Å². The SMILES string of the molecule is CCCCCCCOc1ccc2cc(C3(C)NC(=O)NC3=O)cnc2c1. The number of hydrogen-bond donors (Lipinski definition) is 2. The molecule has 1 aliphatic heterocycles. The van der Waals surface area contributed by atoms with E-state index in [-0.39, 0.29) is 5.91 Å². The van der Waals surface area contributed by atoms with Gasteiger partial charge in [0.1, 0.15) is 11.3 Å². The zero-order valence-electron chi connectivity index (χ0n) is 15.3. The minimum Gasteiger partial charge on any atom is -0.494 e. The molecule has 1 aliphatic rings. The highest BCUT2D eigenvalue weighted by Crippen LogP contribution is 2.27. The third-order valence-corrected chi connectivity index (χ3v) is 4.79. The number of nitrogens with one attached hydrogen (secondary N) is 2. The Hall–Kier alpha value is -2.63. The van der Waals surface area contributed by atoms with Gasteiger partial charge in [-0.2, -0.15) is 0 Å². The third kappa shape index (κ3) is 3.79. The molecule has 1 fully saturated rings. The molecule has 6 nitrogen and oxygen atoms in total. The Morgan fingerprint density at radius 2 is 1.92 bits per heavy atom. The first kappa shape index (κ1) is 18.2. The first-order valence-corrected chi connectivity index (χ1v) is 9.19. The van der Waals surface area contributed by atoms with E-state index in [4.69, 9.17) is 4.74 Å². The van der Waals surface area contributed by atoms with Crippen molar-refractivity contribution in [3.63, 3.8) is 0 Å². The lowest BCUT2D eigenvalue weighted by Crippen LogP contribution is -2.40. The maximum Gasteiger partial charge on any atom is 0.322 e. The summed E-state index contributed by atoms with van der Waals surface area (Å²) < 4.78 is 5.81. The number of fused-ring (bicyclic) bond motifs is 1. The van der Waals surface area contributed by atoms with Crippen LogP contribution in [0, 0.1) is 0 Å². The largest absolute Gasteiger partial charge is 0.494 e. The molecule has 2 heterocycles. The number of urea groups is 1. The molecule has 2 N–H and O–H groups in total. The number of carbonyl (C=O) groups excluding carboxylic acids is 2. The van der Waals surface area contributed by atoms with Crippen molar-refractivity contribution in [1.82, 2.24) is 15.6 Å². The van der Waals surface area contributed by atoms with Crippen LogP contribution in [-0.2, 0) is 10.3 Å². The van der Waals surface area contributed by atoms with Crippen molar-refractivity contribution in [3.05, 3.63) is 36.0 Å². The van der Waals surface area contributed by atoms with Crippen molar-refractivity contribution in [2.45, 2.75) is 51.5 Å². The fourth-order valence-electron chi connectivity index (χ4n) is 3.11. The Balaban J connectivity index is 1.68. The highest BCUT2D eigenvalue weighted by molar-refractivity contribution is 6.07. The lowest BCUT2D eigenvalue weighted by molar-refractivity contribution is -0.123. The normalized spacial score (nSPS) is 19.5. The molecule has 3 rings (SSSR count). The van der Waals surface area contributed by atoms with Crippen molar-refractivity contribution >= 4 is 22.8 Å². The van der Waals surface area contributed by atoms with Crippen molar-refractivity contribution < 1.29 is 14.3 Å². The lowest BCUT2D eigenvalue weighted by atomic mass is 9.93. The number of pyridine rings is 1. The van der Waals surface area contributed by atoms with E-state index in [1.54, 1.807) is 13.1 Å². The number of amides is 3. The number of hydrogen-bond acceptors (Lipinski definition) is 4. The summed E-state index contributed by atoms with van der Waals surface area (Å²) in [6.07, 6.45) is 7.64. The van der Waals surface area contributed by atoms with Gasteiger partial charge in [0.2, 0.25) is 0 Å².